The van der Waals surface area contributed by atoms with E-state index in [4.69, 9.17) is 4.74 Å². The number of aliphatic carboxylic acids is 1. The van der Waals surface area contributed by atoms with Gasteiger partial charge in [-0.1, -0.05) is 18.2 Å². The van der Waals surface area contributed by atoms with Crippen molar-refractivity contribution in [2.24, 2.45) is 5.92 Å². The number of rotatable bonds is 4. The third-order valence-electron chi connectivity index (χ3n) is 3.61. The highest BCUT2D eigenvalue weighted by molar-refractivity contribution is 7.88. The van der Waals surface area contributed by atoms with E-state index < -0.39 is 27.8 Å². The number of methoxy groups -OCH3 is 1. The smallest absolute Gasteiger partial charge is 0.308 e. The van der Waals surface area contributed by atoms with E-state index in [9.17, 15) is 18.3 Å². The predicted octanol–water partition coefficient (Wildman–Crippen LogP) is 0.755. The minimum atomic E-state index is -3.40. The van der Waals surface area contributed by atoms with Crippen LogP contribution in [-0.2, 0) is 14.8 Å². The Bertz CT molecular complexity index is 613. The predicted molar refractivity (Wildman–Crippen MR) is 73.3 cm³/mol. The second-order valence-corrected chi connectivity index (χ2v) is 6.86. The maximum Gasteiger partial charge on any atom is 0.308 e. The first-order chi connectivity index (χ1) is 9.34. The summed E-state index contributed by atoms with van der Waals surface area (Å²) in [4.78, 5) is 11.4. The number of nitrogens with zero attached hydrogens (tertiary/aromatic N) is 1. The second kappa shape index (κ2) is 5.41. The summed E-state index contributed by atoms with van der Waals surface area (Å²) < 4.78 is 29.7. The molecule has 2 atom stereocenters. The number of carboxylic acid groups (broad SMARTS) is 1. The lowest BCUT2D eigenvalue weighted by molar-refractivity contribution is -0.141. The van der Waals surface area contributed by atoms with Gasteiger partial charge in [-0.05, 0) is 11.6 Å². The molecule has 0 saturated carbocycles. The lowest BCUT2D eigenvalue weighted by Crippen LogP contribution is -2.28. The number of carboxylic acids is 1. The summed E-state index contributed by atoms with van der Waals surface area (Å²) in [7, 11) is -1.89. The molecule has 1 heterocycles. The molecule has 0 aliphatic carbocycles. The van der Waals surface area contributed by atoms with Crippen LogP contribution in [0, 0.1) is 5.92 Å². The monoisotopic (exact) mass is 299 g/mol. The number of sulfonamides is 1. The standard InChI is InChI=1S/C13H17NO5S/c1-19-12-6-4-3-5-9(12)10-7-14(20(2,17)18)8-11(10)13(15)16/h3-6,10-11H,7-8H2,1-2H3,(H,15,16). The quantitative estimate of drug-likeness (QED) is 0.887. The highest BCUT2D eigenvalue weighted by Gasteiger charge is 2.42. The van der Waals surface area contributed by atoms with Gasteiger partial charge in [0.1, 0.15) is 5.75 Å². The molecule has 1 aliphatic rings. The maximum absolute atomic E-state index is 11.6. The molecule has 0 amide bonds. The Kier molecular flexibility index (Phi) is 4.01. The molecule has 6 nitrogen and oxygen atoms in total. The number of carbonyl (C=O) groups is 1. The number of ether oxygens (including phenoxy) is 1. The summed E-state index contributed by atoms with van der Waals surface area (Å²) in [5, 5.41) is 9.33. The summed E-state index contributed by atoms with van der Waals surface area (Å²) in [6.07, 6.45) is 1.09. The van der Waals surface area contributed by atoms with Gasteiger partial charge in [-0.15, -0.1) is 0 Å². The van der Waals surface area contributed by atoms with E-state index in [1.165, 1.54) is 11.4 Å². The van der Waals surface area contributed by atoms with Gasteiger partial charge in [-0.3, -0.25) is 4.79 Å². The Morgan fingerprint density at radius 3 is 2.55 bits per heavy atom. The topological polar surface area (TPSA) is 83.9 Å². The van der Waals surface area contributed by atoms with Crippen LogP contribution in [0.1, 0.15) is 11.5 Å². The van der Waals surface area contributed by atoms with E-state index in [1.807, 2.05) is 0 Å². The van der Waals surface area contributed by atoms with E-state index in [0.29, 0.717) is 5.75 Å². The summed E-state index contributed by atoms with van der Waals surface area (Å²) in [6.45, 7) is 0.160. The molecular weight excluding hydrogens is 282 g/mol. The number of hydrogen-bond acceptors (Lipinski definition) is 4. The molecule has 0 aromatic heterocycles. The van der Waals surface area contributed by atoms with Crippen LogP contribution in [-0.4, -0.2) is 50.3 Å². The molecule has 20 heavy (non-hydrogen) atoms. The van der Waals surface area contributed by atoms with Gasteiger partial charge in [0.2, 0.25) is 10.0 Å². The van der Waals surface area contributed by atoms with Crippen molar-refractivity contribution < 1.29 is 23.1 Å². The van der Waals surface area contributed by atoms with Crippen LogP contribution in [0.15, 0.2) is 24.3 Å². The van der Waals surface area contributed by atoms with Crippen LogP contribution < -0.4 is 4.74 Å². The highest BCUT2D eigenvalue weighted by atomic mass is 32.2. The van der Waals surface area contributed by atoms with Crippen LogP contribution in [0.4, 0.5) is 0 Å². The zero-order chi connectivity index (χ0) is 14.9. The molecule has 2 unspecified atom stereocenters. The lowest BCUT2D eigenvalue weighted by atomic mass is 9.88. The molecule has 1 aliphatic heterocycles. The third-order valence-corrected chi connectivity index (χ3v) is 4.85. The Hall–Kier alpha value is -1.60. The third kappa shape index (κ3) is 2.78. The number of benzene rings is 1. The molecule has 1 fully saturated rings. The molecule has 7 heteroatoms. The van der Waals surface area contributed by atoms with E-state index in [0.717, 1.165) is 11.8 Å². The summed E-state index contributed by atoms with van der Waals surface area (Å²) in [6, 6.07) is 7.11. The van der Waals surface area contributed by atoms with Gasteiger partial charge in [0.15, 0.2) is 0 Å². The Labute approximate surface area is 118 Å². The number of hydrogen-bond donors (Lipinski definition) is 1. The minimum Gasteiger partial charge on any atom is -0.496 e. The molecule has 1 saturated heterocycles. The van der Waals surface area contributed by atoms with Crippen LogP contribution in [0.25, 0.3) is 0 Å². The van der Waals surface area contributed by atoms with Gasteiger partial charge in [0.25, 0.3) is 0 Å². The molecular formula is C13H17NO5S. The van der Waals surface area contributed by atoms with Gasteiger partial charge in [0, 0.05) is 19.0 Å². The fourth-order valence-corrected chi connectivity index (χ4v) is 3.44. The van der Waals surface area contributed by atoms with Crippen molar-refractivity contribution in [2.45, 2.75) is 5.92 Å². The Balaban J connectivity index is 2.40. The first kappa shape index (κ1) is 14.8. The summed E-state index contributed by atoms with van der Waals surface area (Å²) in [5.41, 5.74) is 0.730. The van der Waals surface area contributed by atoms with Crippen molar-refractivity contribution in [1.29, 1.82) is 0 Å². The summed E-state index contributed by atoms with van der Waals surface area (Å²) in [5.74, 6) is -1.58. The van der Waals surface area contributed by atoms with Gasteiger partial charge in [-0.25, -0.2) is 12.7 Å². The zero-order valence-electron chi connectivity index (χ0n) is 11.3. The average molecular weight is 299 g/mol. The second-order valence-electron chi connectivity index (χ2n) is 4.87. The maximum atomic E-state index is 11.6. The summed E-state index contributed by atoms with van der Waals surface area (Å²) >= 11 is 0. The molecule has 2 rings (SSSR count). The molecule has 110 valence electrons. The van der Waals surface area contributed by atoms with Crippen molar-refractivity contribution in [3.8, 4) is 5.75 Å². The Morgan fingerprint density at radius 2 is 2.00 bits per heavy atom. The fourth-order valence-electron chi connectivity index (χ4n) is 2.58. The van der Waals surface area contributed by atoms with Gasteiger partial charge in [0.05, 0.1) is 19.3 Å². The molecule has 0 radical (unpaired) electrons. The van der Waals surface area contributed by atoms with Crippen molar-refractivity contribution in [3.63, 3.8) is 0 Å². The van der Waals surface area contributed by atoms with Crippen LogP contribution in [0.2, 0.25) is 0 Å². The van der Waals surface area contributed by atoms with Crippen LogP contribution in [0.3, 0.4) is 0 Å². The van der Waals surface area contributed by atoms with Crippen LogP contribution in [0.5, 0.6) is 5.75 Å². The first-order valence-corrected chi connectivity index (χ1v) is 8.00. The molecule has 1 aromatic carbocycles. The fraction of sp³-hybridized carbons (Fsp3) is 0.462. The van der Waals surface area contributed by atoms with Crippen molar-refractivity contribution in [1.82, 2.24) is 4.31 Å². The highest BCUT2D eigenvalue weighted by Crippen LogP contribution is 2.38. The average Bonchev–Trinajstić information content (AvgIpc) is 2.83. The van der Waals surface area contributed by atoms with Gasteiger partial charge in [-0.2, -0.15) is 0 Å². The normalized spacial score (nSPS) is 23.7. The van der Waals surface area contributed by atoms with E-state index >= 15 is 0 Å². The van der Waals surface area contributed by atoms with E-state index in [1.54, 1.807) is 24.3 Å². The molecule has 1 N–H and O–H groups in total. The van der Waals surface area contributed by atoms with E-state index in [-0.39, 0.29) is 13.1 Å². The van der Waals surface area contributed by atoms with Crippen molar-refractivity contribution >= 4 is 16.0 Å². The molecule has 1 aromatic rings. The van der Waals surface area contributed by atoms with Crippen LogP contribution >= 0.6 is 0 Å². The van der Waals surface area contributed by atoms with Crippen molar-refractivity contribution in [3.05, 3.63) is 29.8 Å². The van der Waals surface area contributed by atoms with E-state index in [2.05, 4.69) is 0 Å². The lowest BCUT2D eigenvalue weighted by Gasteiger charge is -2.18. The van der Waals surface area contributed by atoms with Gasteiger partial charge >= 0.3 is 5.97 Å². The largest absolute Gasteiger partial charge is 0.496 e. The first-order valence-electron chi connectivity index (χ1n) is 6.15. The minimum absolute atomic E-state index is 0.00309. The molecule has 0 spiro atoms. The SMILES string of the molecule is COc1ccccc1C1CN(S(C)(=O)=O)CC1C(=O)O. The van der Waals surface area contributed by atoms with Gasteiger partial charge < -0.3 is 9.84 Å². The molecule has 0 bridgehead atoms. The van der Waals surface area contributed by atoms with Crippen molar-refractivity contribution in [2.75, 3.05) is 26.5 Å². The zero-order valence-corrected chi connectivity index (χ0v) is 12.1. The Morgan fingerprint density at radius 1 is 1.35 bits per heavy atom. The number of para-hydroxylation sites is 1.